The maximum absolute atomic E-state index is 12.5. The monoisotopic (exact) mass is 340 g/mol. The Hall–Kier alpha value is -2.33. The Bertz CT molecular complexity index is 756. The van der Waals surface area contributed by atoms with Gasteiger partial charge in [-0.25, -0.2) is 0 Å². The predicted octanol–water partition coefficient (Wildman–Crippen LogP) is 4.30. The van der Waals surface area contributed by atoms with Crippen LogP contribution in [0.2, 0.25) is 0 Å². The number of hydrogen-bond acceptors (Lipinski definition) is 3. The maximum atomic E-state index is 12.5. The van der Waals surface area contributed by atoms with Crippen molar-refractivity contribution in [3.63, 3.8) is 0 Å². The lowest BCUT2D eigenvalue weighted by Gasteiger charge is -2.22. The van der Waals surface area contributed by atoms with Crippen LogP contribution in [-0.2, 0) is 4.79 Å². The van der Waals surface area contributed by atoms with Crippen LogP contribution in [0.4, 0.5) is 5.69 Å². The van der Waals surface area contributed by atoms with Crippen LogP contribution in [0.3, 0.4) is 0 Å². The van der Waals surface area contributed by atoms with E-state index in [0.29, 0.717) is 0 Å². The average molecular weight is 340 g/mol. The number of hydrogen-bond donors (Lipinski definition) is 2. The van der Waals surface area contributed by atoms with Gasteiger partial charge in [0, 0.05) is 17.3 Å². The molecule has 0 radical (unpaired) electrons. The summed E-state index contributed by atoms with van der Waals surface area (Å²) in [5, 5.41) is 6.33. The molecule has 0 aliphatic carbocycles. The van der Waals surface area contributed by atoms with Crippen LogP contribution in [0.15, 0.2) is 36.4 Å². The van der Waals surface area contributed by atoms with E-state index in [9.17, 15) is 4.79 Å². The lowest BCUT2D eigenvalue weighted by Crippen LogP contribution is -2.39. The van der Waals surface area contributed by atoms with Crippen molar-refractivity contribution in [1.29, 1.82) is 0 Å². The molecule has 2 atom stereocenters. The molecule has 1 amide bonds. The molecular weight excluding hydrogens is 312 g/mol. The largest absolute Gasteiger partial charge is 0.496 e. The molecule has 2 N–H and O–H groups in total. The van der Waals surface area contributed by atoms with Gasteiger partial charge in [-0.15, -0.1) is 0 Å². The normalized spacial score (nSPS) is 13.2. The van der Waals surface area contributed by atoms with Crippen LogP contribution in [0.5, 0.6) is 5.75 Å². The van der Waals surface area contributed by atoms with Gasteiger partial charge in [-0.3, -0.25) is 10.1 Å². The Balaban J connectivity index is 2.05. The highest BCUT2D eigenvalue weighted by atomic mass is 16.5. The molecule has 0 aliphatic rings. The third kappa shape index (κ3) is 4.83. The minimum Gasteiger partial charge on any atom is -0.496 e. The first kappa shape index (κ1) is 19.0. The molecule has 2 rings (SSSR count). The molecular formula is C21H28N2O2. The van der Waals surface area contributed by atoms with Gasteiger partial charge in [-0.1, -0.05) is 23.8 Å². The van der Waals surface area contributed by atoms with Crippen LogP contribution in [0.1, 0.15) is 42.1 Å². The van der Waals surface area contributed by atoms with E-state index in [2.05, 4.69) is 23.6 Å². The van der Waals surface area contributed by atoms with E-state index in [0.717, 1.165) is 28.1 Å². The Labute approximate surface area is 150 Å². The Kier molecular flexibility index (Phi) is 6.21. The predicted molar refractivity (Wildman–Crippen MR) is 103 cm³/mol. The third-order valence-electron chi connectivity index (χ3n) is 4.52. The quantitative estimate of drug-likeness (QED) is 0.824. The fourth-order valence-corrected chi connectivity index (χ4v) is 2.80. The topological polar surface area (TPSA) is 50.4 Å². The zero-order valence-electron chi connectivity index (χ0n) is 15.9. The van der Waals surface area contributed by atoms with E-state index in [1.54, 1.807) is 7.11 Å². The number of ether oxygens (including phenoxy) is 1. The second-order valence-electron chi connectivity index (χ2n) is 6.64. The molecule has 25 heavy (non-hydrogen) atoms. The Morgan fingerprint density at radius 3 is 2.36 bits per heavy atom. The number of amides is 1. The number of benzene rings is 2. The van der Waals surface area contributed by atoms with E-state index >= 15 is 0 Å². The summed E-state index contributed by atoms with van der Waals surface area (Å²) in [6.07, 6.45) is 0. The zero-order valence-corrected chi connectivity index (χ0v) is 15.9. The van der Waals surface area contributed by atoms with Crippen LogP contribution >= 0.6 is 0 Å². The highest BCUT2D eigenvalue weighted by Gasteiger charge is 2.19. The van der Waals surface area contributed by atoms with Gasteiger partial charge in [0.15, 0.2) is 0 Å². The summed E-state index contributed by atoms with van der Waals surface area (Å²) in [6, 6.07) is 11.7. The summed E-state index contributed by atoms with van der Waals surface area (Å²) >= 11 is 0. The van der Waals surface area contributed by atoms with Gasteiger partial charge in [-0.05, 0) is 63.9 Å². The Morgan fingerprint density at radius 2 is 1.72 bits per heavy atom. The van der Waals surface area contributed by atoms with Crippen molar-refractivity contribution in [2.24, 2.45) is 0 Å². The van der Waals surface area contributed by atoms with Crippen LogP contribution in [-0.4, -0.2) is 19.1 Å². The molecule has 134 valence electrons. The fourth-order valence-electron chi connectivity index (χ4n) is 2.80. The second kappa shape index (κ2) is 8.17. The molecule has 2 aromatic rings. The molecule has 0 bridgehead atoms. The third-order valence-corrected chi connectivity index (χ3v) is 4.52. The first-order chi connectivity index (χ1) is 11.8. The highest BCUT2D eigenvalue weighted by molar-refractivity contribution is 5.94. The lowest BCUT2D eigenvalue weighted by atomic mass is 10.0. The summed E-state index contributed by atoms with van der Waals surface area (Å²) in [5.41, 5.74) is 5.41. The summed E-state index contributed by atoms with van der Waals surface area (Å²) in [6.45, 7) is 10.1. The molecule has 0 aliphatic heterocycles. The maximum Gasteiger partial charge on any atom is 0.241 e. The molecule has 0 saturated heterocycles. The number of carbonyl (C=O) groups is 1. The minimum atomic E-state index is -0.332. The second-order valence-corrected chi connectivity index (χ2v) is 6.64. The summed E-state index contributed by atoms with van der Waals surface area (Å²) in [4.78, 5) is 12.5. The van der Waals surface area contributed by atoms with Gasteiger partial charge in [0.25, 0.3) is 0 Å². The van der Waals surface area contributed by atoms with Crippen molar-refractivity contribution >= 4 is 11.6 Å². The summed E-state index contributed by atoms with van der Waals surface area (Å²) in [5.74, 6) is 0.772. The number of methoxy groups -OCH3 is 1. The molecule has 0 spiro atoms. The lowest BCUT2D eigenvalue weighted by molar-refractivity contribution is -0.117. The Morgan fingerprint density at radius 1 is 1.00 bits per heavy atom. The molecule has 4 nitrogen and oxygen atoms in total. The molecule has 2 aromatic carbocycles. The van der Waals surface area contributed by atoms with Gasteiger partial charge in [0.1, 0.15) is 5.75 Å². The van der Waals surface area contributed by atoms with Crippen molar-refractivity contribution in [2.45, 2.75) is 46.7 Å². The summed E-state index contributed by atoms with van der Waals surface area (Å²) < 4.78 is 5.44. The number of anilines is 1. The highest BCUT2D eigenvalue weighted by Crippen LogP contribution is 2.26. The van der Waals surface area contributed by atoms with Crippen LogP contribution in [0, 0.1) is 20.8 Å². The smallest absolute Gasteiger partial charge is 0.241 e. The van der Waals surface area contributed by atoms with Gasteiger partial charge in [-0.2, -0.15) is 0 Å². The van der Waals surface area contributed by atoms with Gasteiger partial charge in [0.2, 0.25) is 5.91 Å². The van der Waals surface area contributed by atoms with Crippen LogP contribution < -0.4 is 15.4 Å². The van der Waals surface area contributed by atoms with Crippen LogP contribution in [0.25, 0.3) is 0 Å². The molecule has 0 heterocycles. The molecule has 0 saturated carbocycles. The van der Waals surface area contributed by atoms with E-state index < -0.39 is 0 Å². The van der Waals surface area contributed by atoms with Gasteiger partial charge in [0.05, 0.1) is 13.2 Å². The number of aryl methyl sites for hydroxylation is 3. The van der Waals surface area contributed by atoms with E-state index in [1.807, 2.05) is 58.0 Å². The molecule has 0 aromatic heterocycles. The van der Waals surface area contributed by atoms with Crippen molar-refractivity contribution in [3.05, 3.63) is 58.7 Å². The molecule has 4 heteroatoms. The van der Waals surface area contributed by atoms with E-state index in [4.69, 9.17) is 4.74 Å². The first-order valence-corrected chi connectivity index (χ1v) is 8.60. The van der Waals surface area contributed by atoms with Gasteiger partial charge >= 0.3 is 0 Å². The van der Waals surface area contributed by atoms with Crippen molar-refractivity contribution in [2.75, 3.05) is 12.4 Å². The zero-order chi connectivity index (χ0) is 18.6. The SMILES string of the molecule is COc1ccc(C)cc1C(C)NC(C)C(=O)Nc1ccc(C)c(C)c1. The number of rotatable bonds is 6. The van der Waals surface area contributed by atoms with Gasteiger partial charge < -0.3 is 10.1 Å². The average Bonchev–Trinajstić information content (AvgIpc) is 2.58. The number of nitrogens with one attached hydrogen (secondary N) is 2. The first-order valence-electron chi connectivity index (χ1n) is 8.60. The van der Waals surface area contributed by atoms with Crippen molar-refractivity contribution < 1.29 is 9.53 Å². The van der Waals surface area contributed by atoms with E-state index in [-0.39, 0.29) is 18.0 Å². The molecule has 2 unspecified atom stereocenters. The van der Waals surface area contributed by atoms with Crippen molar-refractivity contribution in [3.8, 4) is 5.75 Å². The molecule has 0 fully saturated rings. The van der Waals surface area contributed by atoms with Crippen molar-refractivity contribution in [1.82, 2.24) is 5.32 Å². The minimum absolute atomic E-state index is 0.00430. The number of carbonyl (C=O) groups excluding carboxylic acids is 1. The fraction of sp³-hybridized carbons (Fsp3) is 0.381. The summed E-state index contributed by atoms with van der Waals surface area (Å²) in [7, 11) is 1.66. The van der Waals surface area contributed by atoms with E-state index in [1.165, 1.54) is 5.56 Å². The standard InChI is InChI=1S/C21H28N2O2/c1-13-7-10-20(25-6)19(11-13)16(4)22-17(5)21(24)23-18-9-8-14(2)15(3)12-18/h7-12,16-17,22H,1-6H3,(H,23,24).